The number of amides is 1. The zero-order valence-corrected chi connectivity index (χ0v) is 11.5. The second-order valence-corrected chi connectivity index (χ2v) is 4.00. The highest BCUT2D eigenvalue weighted by Gasteiger charge is 2.18. The first-order valence-corrected chi connectivity index (χ1v) is 6.26. The Kier molecular flexibility index (Phi) is 5.35. The van der Waals surface area contributed by atoms with E-state index in [9.17, 15) is 9.59 Å². The van der Waals surface area contributed by atoms with Crippen LogP contribution in [0.15, 0.2) is 0 Å². The number of hydrogen-bond donors (Lipinski definition) is 2. The molecule has 19 heavy (non-hydrogen) atoms. The van der Waals surface area contributed by atoms with Crippen molar-refractivity contribution in [2.45, 2.75) is 26.7 Å². The van der Waals surface area contributed by atoms with E-state index in [1.54, 1.807) is 14.0 Å². The molecule has 0 radical (unpaired) electrons. The number of esters is 1. The van der Waals surface area contributed by atoms with E-state index in [0.29, 0.717) is 30.1 Å². The number of aryl methyl sites for hydroxylation is 2. The lowest BCUT2D eigenvalue weighted by Crippen LogP contribution is -2.29. The third-order valence-electron chi connectivity index (χ3n) is 2.63. The summed E-state index contributed by atoms with van der Waals surface area (Å²) in [5.41, 5.74) is 7.26. The minimum Gasteiger partial charge on any atom is -0.466 e. The number of anilines is 1. The van der Waals surface area contributed by atoms with Gasteiger partial charge in [-0.1, -0.05) is 6.92 Å². The van der Waals surface area contributed by atoms with Crippen LogP contribution in [-0.2, 0) is 23.0 Å². The molecule has 0 aliphatic heterocycles. The van der Waals surface area contributed by atoms with E-state index in [1.807, 2.05) is 6.92 Å². The average Bonchev–Trinajstić information content (AvgIpc) is 2.64. The van der Waals surface area contributed by atoms with Crippen LogP contribution in [0.4, 0.5) is 5.69 Å². The van der Waals surface area contributed by atoms with E-state index in [-0.39, 0.29) is 24.8 Å². The Hall–Kier alpha value is -2.05. The van der Waals surface area contributed by atoms with E-state index in [1.165, 1.54) is 4.68 Å². The van der Waals surface area contributed by atoms with Crippen LogP contribution in [-0.4, -0.2) is 34.8 Å². The van der Waals surface area contributed by atoms with Gasteiger partial charge in [-0.25, -0.2) is 0 Å². The zero-order valence-electron chi connectivity index (χ0n) is 11.5. The Morgan fingerprint density at radius 1 is 1.42 bits per heavy atom. The molecule has 1 aromatic rings. The molecule has 0 aliphatic rings. The van der Waals surface area contributed by atoms with Gasteiger partial charge in [0.2, 0.25) is 0 Å². The molecule has 0 saturated heterocycles. The summed E-state index contributed by atoms with van der Waals surface area (Å²) in [5, 5.41) is 6.79. The highest BCUT2D eigenvalue weighted by atomic mass is 16.5. The summed E-state index contributed by atoms with van der Waals surface area (Å²) >= 11 is 0. The predicted molar refractivity (Wildman–Crippen MR) is 70.6 cm³/mol. The fraction of sp³-hybridized carbons (Fsp3) is 0.583. The van der Waals surface area contributed by atoms with Gasteiger partial charge in [-0.3, -0.25) is 14.3 Å². The molecule has 106 valence electrons. The molecular weight excluding hydrogens is 248 g/mol. The molecule has 7 heteroatoms. The molecule has 1 heterocycles. The Bertz CT molecular complexity index is 468. The number of carbonyl (C=O) groups excluding carboxylic acids is 2. The van der Waals surface area contributed by atoms with Gasteiger partial charge in [-0.15, -0.1) is 0 Å². The molecule has 0 unspecified atom stereocenters. The molecule has 3 N–H and O–H groups in total. The summed E-state index contributed by atoms with van der Waals surface area (Å²) in [5.74, 6) is -0.675. The van der Waals surface area contributed by atoms with Gasteiger partial charge in [0.1, 0.15) is 5.69 Å². The number of nitrogen functional groups attached to an aromatic ring is 1. The van der Waals surface area contributed by atoms with Crippen molar-refractivity contribution >= 4 is 17.6 Å². The number of nitrogens with one attached hydrogen (secondary N) is 1. The molecule has 0 aliphatic carbocycles. The molecule has 1 amide bonds. The van der Waals surface area contributed by atoms with Crippen molar-refractivity contribution in [3.05, 3.63) is 11.4 Å². The molecule has 1 rings (SSSR count). The second-order valence-electron chi connectivity index (χ2n) is 4.00. The van der Waals surface area contributed by atoms with Crippen LogP contribution in [0, 0.1) is 0 Å². The summed E-state index contributed by atoms with van der Waals surface area (Å²) in [6.45, 7) is 4.20. The van der Waals surface area contributed by atoms with E-state index in [2.05, 4.69) is 10.4 Å². The number of nitrogens with two attached hydrogens (primary N) is 1. The summed E-state index contributed by atoms with van der Waals surface area (Å²) in [7, 11) is 1.66. The highest BCUT2D eigenvalue weighted by Crippen LogP contribution is 2.16. The lowest BCUT2D eigenvalue weighted by atomic mass is 10.2. The van der Waals surface area contributed by atoms with Crippen molar-refractivity contribution in [2.24, 2.45) is 7.05 Å². The lowest BCUT2D eigenvalue weighted by Gasteiger charge is -2.06. The maximum absolute atomic E-state index is 12.0. The Balaban J connectivity index is 2.59. The lowest BCUT2D eigenvalue weighted by molar-refractivity contribution is -0.142. The van der Waals surface area contributed by atoms with Crippen LogP contribution in [0.25, 0.3) is 0 Å². The van der Waals surface area contributed by atoms with Gasteiger partial charge >= 0.3 is 5.97 Å². The maximum atomic E-state index is 12.0. The quantitative estimate of drug-likeness (QED) is 0.720. The van der Waals surface area contributed by atoms with E-state index in [4.69, 9.17) is 10.5 Å². The topological polar surface area (TPSA) is 99.2 Å². The molecule has 0 spiro atoms. The standard InChI is InChI=1S/C12H20N4O3/c1-4-8-10(13)11(16(3)15-8)12(18)14-7-6-9(17)19-5-2/h4-7,13H2,1-3H3,(H,14,18). The second kappa shape index (κ2) is 6.77. The van der Waals surface area contributed by atoms with Gasteiger partial charge in [0.25, 0.3) is 5.91 Å². The summed E-state index contributed by atoms with van der Waals surface area (Å²) in [4.78, 5) is 23.1. The number of hydrogen-bond acceptors (Lipinski definition) is 5. The Labute approximate surface area is 112 Å². The SMILES string of the molecule is CCOC(=O)CCNC(=O)c1c(N)c(CC)nn1C. The number of aromatic nitrogens is 2. The molecule has 0 atom stereocenters. The summed E-state index contributed by atoms with van der Waals surface area (Å²) < 4.78 is 6.22. The van der Waals surface area contributed by atoms with Crippen molar-refractivity contribution in [1.82, 2.24) is 15.1 Å². The van der Waals surface area contributed by atoms with Gasteiger partial charge in [-0.05, 0) is 13.3 Å². The number of carbonyl (C=O) groups is 2. The summed E-state index contributed by atoms with van der Waals surface area (Å²) in [6.07, 6.45) is 0.799. The van der Waals surface area contributed by atoms with Crippen LogP contribution in [0.3, 0.4) is 0 Å². The van der Waals surface area contributed by atoms with Gasteiger partial charge in [0.15, 0.2) is 0 Å². The maximum Gasteiger partial charge on any atom is 0.307 e. The van der Waals surface area contributed by atoms with E-state index >= 15 is 0 Å². The van der Waals surface area contributed by atoms with Gasteiger partial charge in [-0.2, -0.15) is 5.10 Å². The van der Waals surface area contributed by atoms with Crippen LogP contribution in [0.1, 0.15) is 36.5 Å². The van der Waals surface area contributed by atoms with Gasteiger partial charge in [0, 0.05) is 13.6 Å². The first-order valence-electron chi connectivity index (χ1n) is 6.26. The van der Waals surface area contributed by atoms with Crippen LogP contribution < -0.4 is 11.1 Å². The fourth-order valence-electron chi connectivity index (χ4n) is 1.72. The third-order valence-corrected chi connectivity index (χ3v) is 2.63. The fourth-order valence-corrected chi connectivity index (χ4v) is 1.72. The van der Waals surface area contributed by atoms with Crippen LogP contribution in [0.2, 0.25) is 0 Å². The van der Waals surface area contributed by atoms with Crippen molar-refractivity contribution in [1.29, 1.82) is 0 Å². The van der Waals surface area contributed by atoms with Crippen molar-refractivity contribution in [3.63, 3.8) is 0 Å². The molecule has 0 bridgehead atoms. The zero-order chi connectivity index (χ0) is 14.4. The average molecular weight is 268 g/mol. The minimum atomic E-state index is -0.338. The largest absolute Gasteiger partial charge is 0.466 e. The number of rotatable bonds is 6. The molecule has 7 nitrogen and oxygen atoms in total. The van der Waals surface area contributed by atoms with Gasteiger partial charge in [0.05, 0.1) is 24.4 Å². The first kappa shape index (κ1) is 15.0. The monoisotopic (exact) mass is 268 g/mol. The number of nitrogens with zero attached hydrogens (tertiary/aromatic N) is 2. The molecule has 0 saturated carbocycles. The molecular formula is C12H20N4O3. The third kappa shape index (κ3) is 3.70. The Morgan fingerprint density at radius 3 is 2.63 bits per heavy atom. The minimum absolute atomic E-state index is 0.137. The van der Waals surface area contributed by atoms with Crippen LogP contribution >= 0.6 is 0 Å². The van der Waals surface area contributed by atoms with Crippen molar-refractivity contribution < 1.29 is 14.3 Å². The smallest absolute Gasteiger partial charge is 0.307 e. The van der Waals surface area contributed by atoms with Crippen LogP contribution in [0.5, 0.6) is 0 Å². The molecule has 1 aromatic heterocycles. The van der Waals surface area contributed by atoms with Crippen molar-refractivity contribution in [3.8, 4) is 0 Å². The first-order chi connectivity index (χ1) is 9.01. The van der Waals surface area contributed by atoms with Gasteiger partial charge < -0.3 is 15.8 Å². The van der Waals surface area contributed by atoms with Crippen molar-refractivity contribution in [2.75, 3.05) is 18.9 Å². The van der Waals surface area contributed by atoms with E-state index in [0.717, 1.165) is 0 Å². The van der Waals surface area contributed by atoms with E-state index < -0.39 is 0 Å². The summed E-state index contributed by atoms with van der Waals surface area (Å²) in [6, 6.07) is 0. The highest BCUT2D eigenvalue weighted by molar-refractivity contribution is 5.98. The Morgan fingerprint density at radius 2 is 2.11 bits per heavy atom. The predicted octanol–water partition coefficient (Wildman–Crippen LogP) is 0.248. The normalized spacial score (nSPS) is 10.3. The molecule has 0 aromatic carbocycles. The number of ether oxygens (including phenoxy) is 1. The molecule has 0 fully saturated rings.